The molecule has 23 heavy (non-hydrogen) atoms. The fourth-order valence-electron chi connectivity index (χ4n) is 3.14. The Hall–Kier alpha value is -1.46. The molecule has 1 heterocycles. The average Bonchev–Trinajstić information content (AvgIpc) is 3.37. The third kappa shape index (κ3) is 4.09. The number of nitrogens with one attached hydrogen (secondary N) is 2. The zero-order valence-electron chi connectivity index (χ0n) is 13.6. The minimum Gasteiger partial charge on any atom is -0.381 e. The fourth-order valence-corrected chi connectivity index (χ4v) is 3.14. The summed E-state index contributed by atoms with van der Waals surface area (Å²) >= 11 is 0. The average molecular weight is 320 g/mol. The molecule has 0 unspecified atom stereocenters. The van der Waals surface area contributed by atoms with Crippen LogP contribution in [0.25, 0.3) is 0 Å². The fraction of sp³-hybridized carbons (Fsp3) is 0.611. The van der Waals surface area contributed by atoms with Crippen LogP contribution in [0.4, 0.5) is 4.39 Å². The van der Waals surface area contributed by atoms with Crippen LogP contribution in [0, 0.1) is 5.82 Å². The van der Waals surface area contributed by atoms with E-state index in [9.17, 15) is 9.18 Å². The van der Waals surface area contributed by atoms with Gasteiger partial charge >= 0.3 is 0 Å². The van der Waals surface area contributed by atoms with E-state index in [1.54, 1.807) is 12.1 Å². The molecule has 4 nitrogen and oxygen atoms in total. The van der Waals surface area contributed by atoms with Crippen LogP contribution in [0.1, 0.15) is 38.2 Å². The van der Waals surface area contributed by atoms with Gasteiger partial charge in [0.15, 0.2) is 0 Å². The highest BCUT2D eigenvalue weighted by atomic mass is 19.1. The minimum absolute atomic E-state index is 0.0500. The Balaban J connectivity index is 1.67. The van der Waals surface area contributed by atoms with Crippen LogP contribution in [-0.4, -0.2) is 37.7 Å². The van der Waals surface area contributed by atoms with Crippen LogP contribution < -0.4 is 10.6 Å². The molecular weight excluding hydrogens is 295 g/mol. The summed E-state index contributed by atoms with van der Waals surface area (Å²) in [5, 5.41) is 6.37. The van der Waals surface area contributed by atoms with E-state index in [1.807, 2.05) is 13.0 Å². The first-order valence-corrected chi connectivity index (χ1v) is 8.47. The molecule has 2 fully saturated rings. The van der Waals surface area contributed by atoms with Crippen molar-refractivity contribution >= 4 is 5.91 Å². The predicted octanol–water partition coefficient (Wildman–Crippen LogP) is 2.13. The van der Waals surface area contributed by atoms with Crippen LogP contribution in [-0.2, 0) is 14.9 Å². The summed E-state index contributed by atoms with van der Waals surface area (Å²) in [6.45, 7) is 3.87. The largest absolute Gasteiger partial charge is 0.381 e. The number of rotatable bonds is 6. The van der Waals surface area contributed by atoms with Gasteiger partial charge in [-0.3, -0.25) is 4.79 Å². The molecule has 1 aliphatic carbocycles. The third-order valence-electron chi connectivity index (χ3n) is 4.95. The van der Waals surface area contributed by atoms with Gasteiger partial charge in [-0.05, 0) is 50.3 Å². The lowest BCUT2D eigenvalue weighted by Crippen LogP contribution is -2.50. The first-order valence-electron chi connectivity index (χ1n) is 8.47. The van der Waals surface area contributed by atoms with Crippen LogP contribution >= 0.6 is 0 Å². The lowest BCUT2D eigenvalue weighted by Gasteiger charge is -2.38. The Labute approximate surface area is 136 Å². The van der Waals surface area contributed by atoms with Gasteiger partial charge in [0.05, 0.1) is 6.04 Å². The second kappa shape index (κ2) is 6.97. The maximum absolute atomic E-state index is 13.7. The molecule has 0 bridgehead atoms. The van der Waals surface area contributed by atoms with Crippen molar-refractivity contribution in [1.29, 1.82) is 0 Å². The number of carbonyl (C=O) groups excluding carboxylic acids is 1. The number of benzene rings is 1. The molecule has 5 heteroatoms. The van der Waals surface area contributed by atoms with Gasteiger partial charge in [0, 0.05) is 31.2 Å². The van der Waals surface area contributed by atoms with E-state index in [0.717, 1.165) is 31.2 Å². The van der Waals surface area contributed by atoms with Crippen LogP contribution in [0.15, 0.2) is 24.3 Å². The second-order valence-corrected chi connectivity index (χ2v) is 6.79. The smallest absolute Gasteiger partial charge is 0.237 e. The maximum atomic E-state index is 13.7. The van der Waals surface area contributed by atoms with E-state index >= 15 is 0 Å². The summed E-state index contributed by atoms with van der Waals surface area (Å²) in [4.78, 5) is 12.1. The molecule has 1 atom stereocenters. The van der Waals surface area contributed by atoms with Crippen molar-refractivity contribution in [1.82, 2.24) is 10.6 Å². The Bertz CT molecular complexity index is 554. The molecule has 0 radical (unpaired) electrons. The molecule has 2 aliphatic rings. The van der Waals surface area contributed by atoms with Crippen molar-refractivity contribution in [2.24, 2.45) is 0 Å². The van der Waals surface area contributed by atoms with Crippen molar-refractivity contribution in [3.8, 4) is 0 Å². The number of hydrogen-bond acceptors (Lipinski definition) is 3. The Morgan fingerprint density at radius 2 is 2.13 bits per heavy atom. The molecule has 1 aliphatic heterocycles. The van der Waals surface area contributed by atoms with Gasteiger partial charge < -0.3 is 15.4 Å². The Morgan fingerprint density at radius 3 is 2.78 bits per heavy atom. The molecule has 3 rings (SSSR count). The summed E-state index contributed by atoms with van der Waals surface area (Å²) in [7, 11) is 0. The van der Waals surface area contributed by atoms with Gasteiger partial charge in [-0.2, -0.15) is 0 Å². The van der Waals surface area contributed by atoms with Gasteiger partial charge in [-0.15, -0.1) is 0 Å². The SMILES string of the molecule is C[C@@H](NCC1(c2cccc(F)c2)CCOCC1)C(=O)NC1CC1. The van der Waals surface area contributed by atoms with E-state index in [-0.39, 0.29) is 23.2 Å². The first kappa shape index (κ1) is 16.4. The molecule has 0 aromatic heterocycles. The van der Waals surface area contributed by atoms with Crippen molar-refractivity contribution in [3.63, 3.8) is 0 Å². The standard InChI is InChI=1S/C18H25FN2O2/c1-13(17(22)21-16-5-6-16)20-12-18(7-9-23-10-8-18)14-3-2-4-15(19)11-14/h2-4,11,13,16,20H,5-10,12H2,1H3,(H,21,22)/t13-/m1/s1. The van der Waals surface area contributed by atoms with E-state index in [2.05, 4.69) is 10.6 Å². The maximum Gasteiger partial charge on any atom is 0.237 e. The Morgan fingerprint density at radius 1 is 1.39 bits per heavy atom. The van der Waals surface area contributed by atoms with Gasteiger partial charge in [-0.1, -0.05) is 12.1 Å². The van der Waals surface area contributed by atoms with E-state index in [0.29, 0.717) is 25.8 Å². The van der Waals surface area contributed by atoms with Crippen molar-refractivity contribution < 1.29 is 13.9 Å². The number of hydrogen-bond donors (Lipinski definition) is 2. The number of ether oxygens (including phenoxy) is 1. The normalized spacial score (nSPS) is 21.7. The number of carbonyl (C=O) groups is 1. The first-order chi connectivity index (χ1) is 11.1. The van der Waals surface area contributed by atoms with Crippen molar-refractivity contribution in [2.45, 2.75) is 50.1 Å². The Kier molecular flexibility index (Phi) is 4.97. The topological polar surface area (TPSA) is 50.4 Å². The summed E-state index contributed by atoms with van der Waals surface area (Å²) in [5.41, 5.74) is 0.817. The molecular formula is C18H25FN2O2. The number of amides is 1. The van der Waals surface area contributed by atoms with E-state index in [1.165, 1.54) is 6.07 Å². The molecule has 1 aromatic rings. The van der Waals surface area contributed by atoms with Crippen molar-refractivity contribution in [2.75, 3.05) is 19.8 Å². The summed E-state index contributed by atoms with van der Waals surface area (Å²) < 4.78 is 19.1. The van der Waals surface area contributed by atoms with Crippen LogP contribution in [0.2, 0.25) is 0 Å². The predicted molar refractivity (Wildman–Crippen MR) is 86.8 cm³/mol. The minimum atomic E-state index is -0.246. The van der Waals surface area contributed by atoms with E-state index in [4.69, 9.17) is 4.74 Å². The third-order valence-corrected chi connectivity index (χ3v) is 4.95. The van der Waals surface area contributed by atoms with Crippen LogP contribution in [0.3, 0.4) is 0 Å². The van der Waals surface area contributed by atoms with Gasteiger partial charge in [0.25, 0.3) is 0 Å². The number of halogens is 1. The second-order valence-electron chi connectivity index (χ2n) is 6.79. The molecule has 1 aromatic carbocycles. The van der Waals surface area contributed by atoms with Gasteiger partial charge in [0.1, 0.15) is 5.82 Å². The van der Waals surface area contributed by atoms with Crippen molar-refractivity contribution in [3.05, 3.63) is 35.6 Å². The zero-order chi connectivity index (χ0) is 16.3. The highest BCUT2D eigenvalue weighted by Crippen LogP contribution is 2.34. The molecule has 2 N–H and O–H groups in total. The molecule has 126 valence electrons. The molecule has 0 spiro atoms. The lowest BCUT2D eigenvalue weighted by atomic mass is 9.74. The van der Waals surface area contributed by atoms with Gasteiger partial charge in [0.2, 0.25) is 5.91 Å². The highest BCUT2D eigenvalue weighted by Gasteiger charge is 2.35. The lowest BCUT2D eigenvalue weighted by molar-refractivity contribution is -0.123. The molecule has 1 amide bonds. The van der Waals surface area contributed by atoms with Crippen LogP contribution in [0.5, 0.6) is 0 Å². The van der Waals surface area contributed by atoms with Gasteiger partial charge in [-0.25, -0.2) is 4.39 Å². The zero-order valence-corrected chi connectivity index (χ0v) is 13.6. The quantitative estimate of drug-likeness (QED) is 0.844. The molecule has 1 saturated heterocycles. The molecule has 1 saturated carbocycles. The highest BCUT2D eigenvalue weighted by molar-refractivity contribution is 5.81. The summed E-state index contributed by atoms with van der Waals surface area (Å²) in [5.74, 6) is -0.165. The summed E-state index contributed by atoms with van der Waals surface area (Å²) in [6, 6.07) is 6.93. The monoisotopic (exact) mass is 320 g/mol. The summed E-state index contributed by atoms with van der Waals surface area (Å²) in [6.07, 6.45) is 3.84. The van der Waals surface area contributed by atoms with E-state index < -0.39 is 0 Å².